The summed E-state index contributed by atoms with van der Waals surface area (Å²) in [5.74, 6) is 0. The van der Waals surface area contributed by atoms with Crippen LogP contribution in [0.3, 0.4) is 0 Å². The highest BCUT2D eigenvalue weighted by atomic mass is 15.1. The summed E-state index contributed by atoms with van der Waals surface area (Å²) in [5, 5.41) is 22.4. The number of benzene rings is 1. The fourth-order valence-corrected chi connectivity index (χ4v) is 1.61. The first-order valence-electron chi connectivity index (χ1n) is 4.97. The minimum Gasteiger partial charge on any atom is -0.298 e. The van der Waals surface area contributed by atoms with E-state index in [9.17, 15) is 0 Å². The molecule has 0 amide bonds. The second-order valence-electron chi connectivity index (χ2n) is 3.74. The summed E-state index contributed by atoms with van der Waals surface area (Å²) >= 11 is 0. The van der Waals surface area contributed by atoms with E-state index in [0.717, 1.165) is 16.7 Å². The largest absolute Gasteiger partial charge is 0.298 e. The minimum absolute atomic E-state index is 0.450. The van der Waals surface area contributed by atoms with E-state index in [2.05, 4.69) is 16.7 Å². The summed E-state index contributed by atoms with van der Waals surface area (Å²) in [6.45, 7) is 6.01. The van der Waals surface area contributed by atoms with Crippen LogP contribution in [0.4, 0.5) is 0 Å². The SMILES string of the molecule is Cc1cc(C)c(C(NC#N)NC#N)cc1C. The first kappa shape index (κ1) is 11.9. The Hall–Kier alpha value is -2.20. The molecule has 0 heterocycles. The van der Waals surface area contributed by atoms with Crippen molar-refractivity contribution in [3.05, 3.63) is 34.4 Å². The number of aryl methyl sites for hydroxylation is 3. The van der Waals surface area contributed by atoms with Crippen LogP contribution in [0.2, 0.25) is 0 Å². The molecular formula is C12H14N4. The van der Waals surface area contributed by atoms with Crippen LogP contribution in [0, 0.1) is 43.7 Å². The van der Waals surface area contributed by atoms with E-state index in [1.807, 2.05) is 39.2 Å². The third-order valence-electron chi connectivity index (χ3n) is 2.61. The molecule has 1 aromatic rings. The molecule has 0 spiro atoms. The summed E-state index contributed by atoms with van der Waals surface area (Å²) in [6.07, 6.45) is 3.25. The number of hydrogen-bond acceptors (Lipinski definition) is 4. The average Bonchev–Trinajstić information content (AvgIpc) is 2.23. The highest BCUT2D eigenvalue weighted by Crippen LogP contribution is 2.20. The first-order valence-corrected chi connectivity index (χ1v) is 4.97. The minimum atomic E-state index is -0.450. The van der Waals surface area contributed by atoms with Crippen molar-refractivity contribution in [1.82, 2.24) is 10.6 Å². The van der Waals surface area contributed by atoms with Gasteiger partial charge in [0.1, 0.15) is 6.17 Å². The molecular weight excluding hydrogens is 200 g/mol. The van der Waals surface area contributed by atoms with Crippen LogP contribution >= 0.6 is 0 Å². The third kappa shape index (κ3) is 2.43. The third-order valence-corrected chi connectivity index (χ3v) is 2.61. The van der Waals surface area contributed by atoms with Crippen molar-refractivity contribution in [2.24, 2.45) is 0 Å². The maximum Gasteiger partial charge on any atom is 0.178 e. The van der Waals surface area contributed by atoms with E-state index in [4.69, 9.17) is 10.5 Å². The van der Waals surface area contributed by atoms with Crippen molar-refractivity contribution in [3.63, 3.8) is 0 Å². The van der Waals surface area contributed by atoms with Crippen LogP contribution in [0.1, 0.15) is 28.4 Å². The highest BCUT2D eigenvalue weighted by Gasteiger charge is 2.13. The van der Waals surface area contributed by atoms with Gasteiger partial charge in [0.15, 0.2) is 12.4 Å². The van der Waals surface area contributed by atoms with E-state index in [0.29, 0.717) is 0 Å². The molecule has 2 N–H and O–H groups in total. The maximum absolute atomic E-state index is 8.63. The van der Waals surface area contributed by atoms with Crippen molar-refractivity contribution in [3.8, 4) is 12.4 Å². The van der Waals surface area contributed by atoms with Gasteiger partial charge in [-0.1, -0.05) is 12.1 Å². The van der Waals surface area contributed by atoms with Gasteiger partial charge in [0.05, 0.1) is 0 Å². The van der Waals surface area contributed by atoms with Gasteiger partial charge in [0.2, 0.25) is 0 Å². The number of nitrogens with one attached hydrogen (secondary N) is 2. The zero-order valence-corrected chi connectivity index (χ0v) is 9.63. The molecule has 0 atom stereocenters. The van der Waals surface area contributed by atoms with Crippen molar-refractivity contribution >= 4 is 0 Å². The second kappa shape index (κ2) is 5.04. The molecule has 0 saturated heterocycles. The van der Waals surface area contributed by atoms with Gasteiger partial charge in [-0.25, -0.2) is 0 Å². The molecule has 0 saturated carbocycles. The Morgan fingerprint density at radius 3 is 1.94 bits per heavy atom. The number of hydrogen-bond donors (Lipinski definition) is 2. The Balaban J connectivity index is 3.15. The quantitative estimate of drug-likeness (QED) is 0.457. The Labute approximate surface area is 95.5 Å². The number of rotatable bonds is 3. The molecule has 4 nitrogen and oxygen atoms in total. The van der Waals surface area contributed by atoms with Crippen molar-refractivity contribution < 1.29 is 0 Å². The van der Waals surface area contributed by atoms with E-state index >= 15 is 0 Å². The average molecular weight is 214 g/mol. The Morgan fingerprint density at radius 1 is 0.938 bits per heavy atom. The molecule has 0 radical (unpaired) electrons. The molecule has 0 bridgehead atoms. The van der Waals surface area contributed by atoms with Crippen LogP contribution in [0.5, 0.6) is 0 Å². The topological polar surface area (TPSA) is 71.6 Å². The zero-order chi connectivity index (χ0) is 12.1. The molecule has 1 rings (SSSR count). The predicted octanol–water partition coefficient (Wildman–Crippen LogP) is 1.75. The van der Waals surface area contributed by atoms with E-state index in [-0.39, 0.29) is 0 Å². The molecule has 0 aliphatic heterocycles. The van der Waals surface area contributed by atoms with Gasteiger partial charge in [0.25, 0.3) is 0 Å². The van der Waals surface area contributed by atoms with Gasteiger partial charge >= 0.3 is 0 Å². The lowest BCUT2D eigenvalue weighted by molar-refractivity contribution is 0.577. The van der Waals surface area contributed by atoms with Gasteiger partial charge in [-0.3, -0.25) is 10.6 Å². The molecule has 0 fully saturated rings. The van der Waals surface area contributed by atoms with Gasteiger partial charge in [-0.05, 0) is 43.0 Å². The van der Waals surface area contributed by atoms with Crippen LogP contribution in [0.25, 0.3) is 0 Å². The van der Waals surface area contributed by atoms with Crippen LogP contribution < -0.4 is 10.6 Å². The van der Waals surface area contributed by atoms with Crippen LogP contribution in [0.15, 0.2) is 12.1 Å². The summed E-state index contributed by atoms with van der Waals surface area (Å²) < 4.78 is 0. The lowest BCUT2D eigenvalue weighted by atomic mass is 9.99. The molecule has 0 aliphatic rings. The Morgan fingerprint density at radius 2 is 1.44 bits per heavy atom. The summed E-state index contributed by atoms with van der Waals surface area (Å²) in [4.78, 5) is 0. The summed E-state index contributed by atoms with van der Waals surface area (Å²) in [6, 6.07) is 4.04. The number of nitrogens with zero attached hydrogens (tertiary/aromatic N) is 2. The molecule has 1 aromatic carbocycles. The first-order chi connectivity index (χ1) is 7.60. The zero-order valence-electron chi connectivity index (χ0n) is 9.63. The van der Waals surface area contributed by atoms with Crippen molar-refractivity contribution in [1.29, 1.82) is 10.5 Å². The number of nitriles is 2. The smallest absolute Gasteiger partial charge is 0.178 e. The highest BCUT2D eigenvalue weighted by molar-refractivity contribution is 5.38. The van der Waals surface area contributed by atoms with E-state index in [1.165, 1.54) is 5.56 Å². The fraction of sp³-hybridized carbons (Fsp3) is 0.333. The molecule has 0 aliphatic carbocycles. The second-order valence-corrected chi connectivity index (χ2v) is 3.74. The van der Waals surface area contributed by atoms with Crippen LogP contribution in [-0.4, -0.2) is 0 Å². The molecule has 0 unspecified atom stereocenters. The summed E-state index contributed by atoms with van der Waals surface area (Å²) in [5.41, 5.74) is 4.32. The molecule has 0 aromatic heterocycles. The van der Waals surface area contributed by atoms with Gasteiger partial charge in [-0.2, -0.15) is 10.5 Å². The lowest BCUT2D eigenvalue weighted by Crippen LogP contribution is -2.28. The van der Waals surface area contributed by atoms with Crippen molar-refractivity contribution in [2.75, 3.05) is 0 Å². The van der Waals surface area contributed by atoms with Crippen molar-refractivity contribution in [2.45, 2.75) is 26.9 Å². The van der Waals surface area contributed by atoms with E-state index < -0.39 is 6.17 Å². The maximum atomic E-state index is 8.63. The van der Waals surface area contributed by atoms with Crippen LogP contribution in [-0.2, 0) is 0 Å². The monoisotopic (exact) mass is 214 g/mol. The van der Waals surface area contributed by atoms with Gasteiger partial charge in [0, 0.05) is 0 Å². The molecule has 82 valence electrons. The Kier molecular flexibility index (Phi) is 3.74. The van der Waals surface area contributed by atoms with Gasteiger partial charge in [-0.15, -0.1) is 0 Å². The lowest BCUT2D eigenvalue weighted by Gasteiger charge is -2.17. The fourth-order valence-electron chi connectivity index (χ4n) is 1.61. The molecule has 16 heavy (non-hydrogen) atoms. The van der Waals surface area contributed by atoms with Gasteiger partial charge < -0.3 is 0 Å². The predicted molar refractivity (Wildman–Crippen MR) is 60.9 cm³/mol. The normalized spacial score (nSPS) is 9.38. The van der Waals surface area contributed by atoms with E-state index in [1.54, 1.807) is 0 Å². The molecule has 4 heteroatoms. The Bertz CT molecular complexity index is 449. The standard InChI is InChI=1S/C12H14N4/c1-8-4-10(3)11(5-9(8)2)12(15-6-13)16-7-14/h4-5,12,15-16H,1-3H3. The summed E-state index contributed by atoms with van der Waals surface area (Å²) in [7, 11) is 0.